The molecule has 0 saturated heterocycles. The smallest absolute Gasteiger partial charge is 0.337 e. The van der Waals surface area contributed by atoms with E-state index in [0.29, 0.717) is 18.1 Å². The normalized spacial score (nSPS) is 15.3. The molecule has 4 heteroatoms. The fourth-order valence-corrected chi connectivity index (χ4v) is 7.13. The highest BCUT2D eigenvalue weighted by atomic mass is 35.5. The van der Waals surface area contributed by atoms with Crippen molar-refractivity contribution in [2.45, 2.75) is 219 Å². The zero-order valence-corrected chi connectivity index (χ0v) is 31.9. The number of allylic oxidation sites excluding steroid dienone is 2. The Labute approximate surface area is 293 Å². The summed E-state index contributed by atoms with van der Waals surface area (Å²) in [6.45, 7) is 8.28. The summed E-state index contributed by atoms with van der Waals surface area (Å²) < 4.78 is 5.98. The topological polar surface area (TPSA) is 29.5 Å². The van der Waals surface area contributed by atoms with E-state index in [0.717, 1.165) is 13.0 Å². The highest BCUT2D eigenvalue weighted by Gasteiger charge is 2.26. The Bertz CT molecular complexity index is 735. The molecule has 0 aromatic heterocycles. The van der Waals surface area contributed by atoms with Crippen LogP contribution in [0.4, 0.5) is 0 Å². The molecular weight excluding hydrogens is 586 g/mol. The minimum absolute atomic E-state index is 0.221. The molecule has 0 bridgehead atoms. The van der Waals surface area contributed by atoms with E-state index >= 15 is 0 Å². The molecule has 0 radical (unpaired) electrons. The SMILES string of the molecule is CCCCCCCCCCCCC(CCCCCCCCCC)COC(=O)C1=CC=CN(CCCCCCCCCCCC)C1Cl. The first-order valence-corrected chi connectivity index (χ1v) is 21.0. The van der Waals surface area contributed by atoms with E-state index < -0.39 is 5.50 Å². The number of hydrogen-bond acceptors (Lipinski definition) is 3. The summed E-state index contributed by atoms with van der Waals surface area (Å²) in [5.74, 6) is 0.246. The van der Waals surface area contributed by atoms with Crippen LogP contribution in [0.5, 0.6) is 0 Å². The molecule has 2 unspecified atom stereocenters. The fraction of sp³-hybridized carbons (Fsp3) is 0.881. The predicted octanol–water partition coefficient (Wildman–Crippen LogP) is 14.2. The molecule has 0 amide bonds. The number of ether oxygens (including phenoxy) is 1. The molecule has 1 aliphatic heterocycles. The lowest BCUT2D eigenvalue weighted by Gasteiger charge is -2.29. The average molecular weight is 665 g/mol. The number of carbonyl (C=O) groups excluding carboxylic acids is 1. The van der Waals surface area contributed by atoms with Crippen molar-refractivity contribution in [1.82, 2.24) is 4.90 Å². The number of rotatable bonds is 34. The summed E-state index contributed by atoms with van der Waals surface area (Å²) in [6, 6.07) is 0. The Morgan fingerprint density at radius 1 is 0.609 bits per heavy atom. The van der Waals surface area contributed by atoms with Gasteiger partial charge in [0.05, 0.1) is 12.2 Å². The lowest BCUT2D eigenvalue weighted by Crippen LogP contribution is -2.34. The molecule has 3 nitrogen and oxygen atoms in total. The third-order valence-electron chi connectivity index (χ3n) is 9.99. The fourth-order valence-electron chi connectivity index (χ4n) is 6.80. The highest BCUT2D eigenvalue weighted by Crippen LogP contribution is 2.25. The summed E-state index contributed by atoms with van der Waals surface area (Å²) in [4.78, 5) is 15.3. The van der Waals surface area contributed by atoms with Crippen LogP contribution in [-0.2, 0) is 9.53 Å². The zero-order chi connectivity index (χ0) is 33.3. The Morgan fingerprint density at radius 2 is 0.978 bits per heavy atom. The maximum absolute atomic E-state index is 13.2. The molecule has 270 valence electrons. The number of esters is 1. The van der Waals surface area contributed by atoms with Crippen molar-refractivity contribution in [3.8, 4) is 0 Å². The van der Waals surface area contributed by atoms with Crippen LogP contribution in [0.2, 0.25) is 0 Å². The first-order chi connectivity index (χ1) is 22.6. The van der Waals surface area contributed by atoms with Crippen molar-refractivity contribution >= 4 is 17.6 Å². The number of halogens is 1. The van der Waals surface area contributed by atoms with Crippen molar-refractivity contribution in [2.24, 2.45) is 5.92 Å². The lowest BCUT2D eigenvalue weighted by atomic mass is 9.94. The Kier molecular flexibility index (Phi) is 30.5. The molecule has 0 saturated carbocycles. The van der Waals surface area contributed by atoms with Gasteiger partial charge >= 0.3 is 5.97 Å². The van der Waals surface area contributed by atoms with Gasteiger partial charge in [-0.3, -0.25) is 0 Å². The number of hydrogen-bond donors (Lipinski definition) is 0. The minimum atomic E-state index is -0.427. The van der Waals surface area contributed by atoms with E-state index in [-0.39, 0.29) is 5.97 Å². The monoisotopic (exact) mass is 664 g/mol. The molecule has 0 aromatic rings. The van der Waals surface area contributed by atoms with E-state index in [9.17, 15) is 4.79 Å². The molecule has 1 rings (SSSR count). The predicted molar refractivity (Wildman–Crippen MR) is 204 cm³/mol. The van der Waals surface area contributed by atoms with E-state index in [1.54, 1.807) is 0 Å². The quantitative estimate of drug-likeness (QED) is 0.0297. The Balaban J connectivity index is 2.37. The largest absolute Gasteiger partial charge is 0.462 e. The van der Waals surface area contributed by atoms with Crippen molar-refractivity contribution in [3.05, 3.63) is 23.9 Å². The molecule has 1 aliphatic rings. The Hall–Kier alpha value is -0.960. The van der Waals surface area contributed by atoms with Crippen molar-refractivity contribution in [1.29, 1.82) is 0 Å². The van der Waals surface area contributed by atoms with E-state index in [1.165, 1.54) is 186 Å². The lowest BCUT2D eigenvalue weighted by molar-refractivity contribution is -0.141. The van der Waals surface area contributed by atoms with Crippen molar-refractivity contribution in [2.75, 3.05) is 13.2 Å². The van der Waals surface area contributed by atoms with Gasteiger partial charge in [-0.1, -0.05) is 206 Å². The molecule has 0 spiro atoms. The van der Waals surface area contributed by atoms with Gasteiger partial charge in [0.15, 0.2) is 0 Å². The van der Waals surface area contributed by atoms with Crippen molar-refractivity contribution in [3.63, 3.8) is 0 Å². The summed E-state index contributed by atoms with van der Waals surface area (Å²) >= 11 is 6.83. The molecular formula is C42H78ClNO2. The van der Waals surface area contributed by atoms with Gasteiger partial charge < -0.3 is 9.64 Å². The molecule has 0 aromatic carbocycles. The summed E-state index contributed by atoms with van der Waals surface area (Å²) in [5, 5.41) is 0. The second-order valence-electron chi connectivity index (χ2n) is 14.4. The van der Waals surface area contributed by atoms with E-state index in [2.05, 4.69) is 25.7 Å². The molecule has 46 heavy (non-hydrogen) atoms. The maximum Gasteiger partial charge on any atom is 0.337 e. The molecule has 0 fully saturated rings. The van der Waals surface area contributed by atoms with Crippen LogP contribution in [0.3, 0.4) is 0 Å². The van der Waals surface area contributed by atoms with Crippen LogP contribution in [-0.4, -0.2) is 29.5 Å². The standard InChI is InChI=1S/C42H78ClNO2/c1-4-7-10-13-16-19-21-24-27-30-34-39(33-29-26-23-18-15-12-9-6-3)38-46-42(45)40-35-32-37-44(41(40)43)36-31-28-25-22-20-17-14-11-8-5-2/h32,35,37,39,41H,4-31,33-34,36,38H2,1-3H3. The maximum atomic E-state index is 13.2. The van der Waals surface area contributed by atoms with Gasteiger partial charge in [-0.15, -0.1) is 0 Å². The van der Waals surface area contributed by atoms with Gasteiger partial charge in [-0.05, 0) is 37.3 Å². The average Bonchev–Trinajstić information content (AvgIpc) is 3.06. The number of carbonyl (C=O) groups is 1. The summed E-state index contributed by atoms with van der Waals surface area (Å²) in [5.41, 5.74) is 0.171. The molecule has 0 N–H and O–H groups in total. The van der Waals surface area contributed by atoms with Gasteiger partial charge in [0.1, 0.15) is 5.50 Å². The number of alkyl halides is 1. The first kappa shape index (κ1) is 43.1. The molecule has 0 aliphatic carbocycles. The number of unbranched alkanes of at least 4 members (excludes halogenated alkanes) is 25. The van der Waals surface area contributed by atoms with Gasteiger partial charge in [-0.25, -0.2) is 4.79 Å². The van der Waals surface area contributed by atoms with Crippen LogP contribution in [0.25, 0.3) is 0 Å². The Morgan fingerprint density at radius 3 is 1.39 bits per heavy atom. The first-order valence-electron chi connectivity index (χ1n) is 20.6. The van der Waals surface area contributed by atoms with E-state index in [1.807, 2.05) is 18.4 Å². The van der Waals surface area contributed by atoms with Crippen LogP contribution >= 0.6 is 11.6 Å². The molecule has 2 atom stereocenters. The molecule has 1 heterocycles. The third-order valence-corrected chi connectivity index (χ3v) is 10.5. The zero-order valence-electron chi connectivity index (χ0n) is 31.2. The second kappa shape index (κ2) is 32.6. The van der Waals surface area contributed by atoms with Gasteiger partial charge in [-0.2, -0.15) is 0 Å². The van der Waals surface area contributed by atoms with Crippen LogP contribution in [0.1, 0.15) is 213 Å². The summed E-state index contributed by atoms with van der Waals surface area (Å²) in [6.07, 6.45) is 45.8. The summed E-state index contributed by atoms with van der Waals surface area (Å²) in [7, 11) is 0. The van der Waals surface area contributed by atoms with Crippen molar-refractivity contribution < 1.29 is 9.53 Å². The van der Waals surface area contributed by atoms with Crippen LogP contribution in [0.15, 0.2) is 23.9 Å². The minimum Gasteiger partial charge on any atom is -0.462 e. The van der Waals surface area contributed by atoms with Crippen LogP contribution in [0, 0.1) is 5.92 Å². The van der Waals surface area contributed by atoms with Gasteiger partial charge in [0.25, 0.3) is 0 Å². The van der Waals surface area contributed by atoms with Gasteiger partial charge in [0, 0.05) is 12.7 Å². The third kappa shape index (κ3) is 24.2. The van der Waals surface area contributed by atoms with Crippen LogP contribution < -0.4 is 0 Å². The number of nitrogens with zero attached hydrogens (tertiary/aromatic N) is 1. The van der Waals surface area contributed by atoms with Gasteiger partial charge in [0.2, 0.25) is 0 Å². The van der Waals surface area contributed by atoms with E-state index in [4.69, 9.17) is 16.3 Å². The highest BCUT2D eigenvalue weighted by molar-refractivity contribution is 6.25. The second-order valence-corrected chi connectivity index (χ2v) is 14.8.